The SMILES string of the molecule is CCCCc1ccc(-n2nnnc2SCC(=O)Nc2ccc([N+](=O)[O-])cc2)cc1. The summed E-state index contributed by atoms with van der Waals surface area (Å²) in [4.78, 5) is 22.4. The fraction of sp³-hybridized carbons (Fsp3) is 0.263. The van der Waals surface area contributed by atoms with Crippen LogP contribution in [0, 0.1) is 10.1 Å². The lowest BCUT2D eigenvalue weighted by Crippen LogP contribution is -2.14. The number of unbranched alkanes of at least 4 members (excludes halogenated alkanes) is 1. The van der Waals surface area contributed by atoms with Crippen molar-refractivity contribution in [1.29, 1.82) is 0 Å². The molecule has 2 aromatic carbocycles. The van der Waals surface area contributed by atoms with E-state index in [-0.39, 0.29) is 17.3 Å². The number of rotatable bonds is 9. The van der Waals surface area contributed by atoms with Crippen LogP contribution >= 0.6 is 11.8 Å². The highest BCUT2D eigenvalue weighted by atomic mass is 32.2. The van der Waals surface area contributed by atoms with Gasteiger partial charge in [0.05, 0.1) is 16.4 Å². The van der Waals surface area contributed by atoms with Gasteiger partial charge in [-0.25, -0.2) is 0 Å². The third-order valence-electron chi connectivity index (χ3n) is 4.14. The molecule has 0 bridgehead atoms. The molecule has 150 valence electrons. The van der Waals surface area contributed by atoms with E-state index >= 15 is 0 Å². The second-order valence-electron chi connectivity index (χ2n) is 6.28. The van der Waals surface area contributed by atoms with E-state index in [1.807, 2.05) is 12.1 Å². The Morgan fingerprint density at radius 3 is 2.55 bits per heavy atom. The zero-order valence-corrected chi connectivity index (χ0v) is 16.6. The number of nitrogens with one attached hydrogen (secondary N) is 1. The number of aryl methyl sites for hydroxylation is 1. The summed E-state index contributed by atoms with van der Waals surface area (Å²) in [5.74, 6) is -0.153. The van der Waals surface area contributed by atoms with Crippen molar-refractivity contribution in [2.75, 3.05) is 11.1 Å². The van der Waals surface area contributed by atoms with Gasteiger partial charge in [-0.15, -0.1) is 5.10 Å². The number of nitro groups is 1. The van der Waals surface area contributed by atoms with E-state index in [1.54, 1.807) is 4.68 Å². The van der Waals surface area contributed by atoms with Gasteiger partial charge in [-0.2, -0.15) is 4.68 Å². The zero-order valence-electron chi connectivity index (χ0n) is 15.8. The predicted molar refractivity (Wildman–Crippen MR) is 110 cm³/mol. The van der Waals surface area contributed by atoms with Gasteiger partial charge in [0.1, 0.15) is 0 Å². The Bertz CT molecular complexity index is 972. The van der Waals surface area contributed by atoms with Crippen molar-refractivity contribution in [2.24, 2.45) is 0 Å². The quantitative estimate of drug-likeness (QED) is 0.324. The number of amides is 1. The standard InChI is InChI=1S/C19H20N6O3S/c1-2-3-4-14-5-9-16(10-6-14)24-19(21-22-23-24)29-13-18(26)20-15-7-11-17(12-8-15)25(27)28/h5-12H,2-4,13H2,1H3,(H,20,26). The second-order valence-corrected chi connectivity index (χ2v) is 7.23. The van der Waals surface area contributed by atoms with Crippen molar-refractivity contribution < 1.29 is 9.72 Å². The van der Waals surface area contributed by atoms with Crippen LogP contribution in [0.25, 0.3) is 5.69 Å². The van der Waals surface area contributed by atoms with Gasteiger partial charge in [0.25, 0.3) is 5.69 Å². The Labute approximate surface area is 171 Å². The van der Waals surface area contributed by atoms with Gasteiger partial charge < -0.3 is 5.32 Å². The second kappa shape index (κ2) is 9.78. The molecule has 1 amide bonds. The van der Waals surface area contributed by atoms with Crippen molar-refractivity contribution in [1.82, 2.24) is 20.2 Å². The normalized spacial score (nSPS) is 10.7. The summed E-state index contributed by atoms with van der Waals surface area (Å²) < 4.78 is 1.59. The van der Waals surface area contributed by atoms with Gasteiger partial charge in [0.2, 0.25) is 11.1 Å². The van der Waals surface area contributed by atoms with Gasteiger partial charge >= 0.3 is 0 Å². The maximum Gasteiger partial charge on any atom is 0.269 e. The molecule has 0 spiro atoms. The molecule has 0 aliphatic heterocycles. The van der Waals surface area contributed by atoms with E-state index in [2.05, 4.69) is 39.9 Å². The molecule has 3 rings (SSSR count). The van der Waals surface area contributed by atoms with Gasteiger partial charge in [-0.05, 0) is 53.1 Å². The largest absolute Gasteiger partial charge is 0.325 e. The molecule has 9 nitrogen and oxygen atoms in total. The summed E-state index contributed by atoms with van der Waals surface area (Å²) in [6, 6.07) is 13.7. The number of benzene rings is 2. The number of non-ortho nitro benzene ring substituents is 1. The topological polar surface area (TPSA) is 116 Å². The van der Waals surface area contributed by atoms with Crippen molar-refractivity contribution >= 4 is 29.0 Å². The Morgan fingerprint density at radius 2 is 1.90 bits per heavy atom. The van der Waals surface area contributed by atoms with Crippen LogP contribution in [0.1, 0.15) is 25.3 Å². The number of carbonyl (C=O) groups excluding carboxylic acids is 1. The molecular formula is C19H20N6O3S. The first-order valence-corrected chi connectivity index (χ1v) is 10.1. The summed E-state index contributed by atoms with van der Waals surface area (Å²) in [6.07, 6.45) is 3.34. The zero-order chi connectivity index (χ0) is 20.6. The summed E-state index contributed by atoms with van der Waals surface area (Å²) in [6.45, 7) is 2.16. The van der Waals surface area contributed by atoms with Gasteiger partial charge in [0.15, 0.2) is 0 Å². The molecule has 0 saturated heterocycles. The summed E-state index contributed by atoms with van der Waals surface area (Å²) >= 11 is 1.21. The van der Waals surface area contributed by atoms with Crippen LogP contribution in [-0.4, -0.2) is 36.8 Å². The smallest absolute Gasteiger partial charge is 0.269 e. The Kier molecular flexibility index (Phi) is 6.90. The molecule has 10 heteroatoms. The van der Waals surface area contributed by atoms with Gasteiger partial charge in [-0.3, -0.25) is 14.9 Å². The van der Waals surface area contributed by atoms with E-state index < -0.39 is 4.92 Å². The molecule has 3 aromatic rings. The number of tetrazole rings is 1. The highest BCUT2D eigenvalue weighted by Gasteiger charge is 2.12. The third-order valence-corrected chi connectivity index (χ3v) is 5.05. The fourth-order valence-corrected chi connectivity index (χ4v) is 3.30. The van der Waals surface area contributed by atoms with Crippen LogP contribution in [0.2, 0.25) is 0 Å². The van der Waals surface area contributed by atoms with E-state index in [1.165, 1.54) is 41.6 Å². The number of carbonyl (C=O) groups is 1. The molecule has 0 atom stereocenters. The number of nitrogens with zero attached hydrogens (tertiary/aromatic N) is 5. The lowest BCUT2D eigenvalue weighted by molar-refractivity contribution is -0.384. The summed E-state index contributed by atoms with van der Waals surface area (Å²) in [5, 5.41) is 25.6. The summed E-state index contributed by atoms with van der Waals surface area (Å²) in [5.41, 5.74) is 2.55. The molecule has 0 fully saturated rings. The minimum absolute atomic E-state index is 0.0303. The number of anilines is 1. The molecule has 0 saturated carbocycles. The van der Waals surface area contributed by atoms with Crippen LogP contribution < -0.4 is 5.32 Å². The average Bonchev–Trinajstić information content (AvgIpc) is 3.20. The third kappa shape index (κ3) is 5.61. The summed E-state index contributed by atoms with van der Waals surface area (Å²) in [7, 11) is 0. The molecule has 0 aliphatic rings. The molecule has 1 heterocycles. The molecule has 1 N–H and O–H groups in total. The van der Waals surface area contributed by atoms with Crippen molar-refractivity contribution in [3.63, 3.8) is 0 Å². The van der Waals surface area contributed by atoms with Crippen molar-refractivity contribution in [2.45, 2.75) is 31.3 Å². The first-order valence-electron chi connectivity index (χ1n) is 9.11. The van der Waals surface area contributed by atoms with Crippen molar-refractivity contribution in [3.05, 3.63) is 64.2 Å². The fourth-order valence-electron chi connectivity index (χ4n) is 2.61. The van der Waals surface area contributed by atoms with Crippen LogP contribution in [-0.2, 0) is 11.2 Å². The lowest BCUT2D eigenvalue weighted by Gasteiger charge is -2.07. The highest BCUT2D eigenvalue weighted by molar-refractivity contribution is 7.99. The predicted octanol–water partition coefficient (Wildman–Crippen LogP) is 3.64. The molecule has 0 unspecified atom stereocenters. The number of thioether (sulfide) groups is 1. The number of nitro benzene ring substituents is 1. The minimum Gasteiger partial charge on any atom is -0.325 e. The van der Waals surface area contributed by atoms with Gasteiger partial charge in [-0.1, -0.05) is 37.2 Å². The maximum atomic E-state index is 12.2. The molecule has 0 radical (unpaired) electrons. The lowest BCUT2D eigenvalue weighted by atomic mass is 10.1. The first kappa shape index (κ1) is 20.5. The van der Waals surface area contributed by atoms with Gasteiger partial charge in [0, 0.05) is 17.8 Å². The van der Waals surface area contributed by atoms with Crippen LogP contribution in [0.5, 0.6) is 0 Å². The van der Waals surface area contributed by atoms with E-state index in [0.29, 0.717) is 10.8 Å². The average molecular weight is 412 g/mol. The first-order chi connectivity index (χ1) is 14.1. The molecule has 1 aromatic heterocycles. The Hall–Kier alpha value is -3.27. The van der Waals surface area contributed by atoms with Crippen LogP contribution in [0.3, 0.4) is 0 Å². The Morgan fingerprint density at radius 1 is 1.17 bits per heavy atom. The maximum absolute atomic E-state index is 12.2. The molecular weight excluding hydrogens is 392 g/mol. The van der Waals surface area contributed by atoms with Crippen LogP contribution in [0.15, 0.2) is 53.7 Å². The van der Waals surface area contributed by atoms with E-state index in [4.69, 9.17) is 0 Å². The molecule has 29 heavy (non-hydrogen) atoms. The van der Waals surface area contributed by atoms with Crippen molar-refractivity contribution in [3.8, 4) is 5.69 Å². The monoisotopic (exact) mass is 412 g/mol. The van der Waals surface area contributed by atoms with E-state index in [9.17, 15) is 14.9 Å². The Balaban J connectivity index is 1.58. The molecule has 0 aliphatic carbocycles. The van der Waals surface area contributed by atoms with Crippen LogP contribution in [0.4, 0.5) is 11.4 Å². The van der Waals surface area contributed by atoms with E-state index in [0.717, 1.165) is 24.9 Å². The number of hydrogen-bond donors (Lipinski definition) is 1. The number of hydrogen-bond acceptors (Lipinski definition) is 7. The highest BCUT2D eigenvalue weighted by Crippen LogP contribution is 2.20. The number of aromatic nitrogens is 4. The minimum atomic E-state index is -0.488.